The van der Waals surface area contributed by atoms with Gasteiger partial charge < -0.3 is 15.5 Å². The van der Waals surface area contributed by atoms with Crippen LogP contribution >= 0.6 is 23.2 Å². The standard InChI is InChI=1S/C19H21Cl2N3O2/c1-24(13-14-5-3-2-4-6-14)18(25)9-10-22-19(26)23-12-15-7-8-16(20)11-17(15)21/h2-8,11H,9-10,12-13H2,1H3,(H2,22,23,26). The van der Waals surface area contributed by atoms with Crippen LogP contribution in [0.5, 0.6) is 0 Å². The molecule has 0 saturated carbocycles. The number of hydrogen-bond donors (Lipinski definition) is 2. The number of benzene rings is 2. The fraction of sp³-hybridized carbons (Fsp3) is 0.263. The minimum absolute atomic E-state index is 0.0325. The Bertz CT molecular complexity index is 754. The molecule has 26 heavy (non-hydrogen) atoms. The second kappa shape index (κ2) is 10.0. The number of carbonyl (C=O) groups is 2. The summed E-state index contributed by atoms with van der Waals surface area (Å²) in [6.07, 6.45) is 0.235. The number of urea groups is 1. The maximum atomic E-state index is 12.1. The Morgan fingerprint density at radius 3 is 2.46 bits per heavy atom. The SMILES string of the molecule is CN(Cc1ccccc1)C(=O)CCNC(=O)NCc1ccc(Cl)cc1Cl. The van der Waals surface area contributed by atoms with Crippen LogP contribution < -0.4 is 10.6 Å². The minimum atomic E-state index is -0.352. The van der Waals surface area contributed by atoms with Gasteiger partial charge in [-0.2, -0.15) is 0 Å². The zero-order valence-electron chi connectivity index (χ0n) is 14.5. The topological polar surface area (TPSA) is 61.4 Å². The number of nitrogens with one attached hydrogen (secondary N) is 2. The number of amides is 3. The Morgan fingerprint density at radius 1 is 1.04 bits per heavy atom. The van der Waals surface area contributed by atoms with Gasteiger partial charge in [0.05, 0.1) is 0 Å². The molecule has 2 N–H and O–H groups in total. The number of rotatable bonds is 7. The van der Waals surface area contributed by atoms with Crippen molar-refractivity contribution >= 4 is 35.1 Å². The molecule has 3 amide bonds. The van der Waals surface area contributed by atoms with E-state index in [1.807, 2.05) is 30.3 Å². The molecule has 2 aromatic rings. The molecule has 138 valence electrons. The Kier molecular flexibility index (Phi) is 7.75. The molecule has 0 aliphatic carbocycles. The maximum Gasteiger partial charge on any atom is 0.315 e. The van der Waals surface area contributed by atoms with E-state index in [-0.39, 0.29) is 31.4 Å². The highest BCUT2D eigenvalue weighted by Gasteiger charge is 2.10. The van der Waals surface area contributed by atoms with Gasteiger partial charge in [0.15, 0.2) is 0 Å². The molecule has 0 atom stereocenters. The van der Waals surface area contributed by atoms with Crippen molar-refractivity contribution in [2.24, 2.45) is 0 Å². The minimum Gasteiger partial charge on any atom is -0.341 e. The predicted octanol–water partition coefficient (Wildman–Crippen LogP) is 3.84. The normalized spacial score (nSPS) is 10.3. The summed E-state index contributed by atoms with van der Waals surface area (Å²) in [5.41, 5.74) is 1.83. The van der Waals surface area contributed by atoms with E-state index < -0.39 is 0 Å². The molecule has 5 nitrogen and oxygen atoms in total. The van der Waals surface area contributed by atoms with Gasteiger partial charge in [-0.15, -0.1) is 0 Å². The van der Waals surface area contributed by atoms with Gasteiger partial charge in [-0.1, -0.05) is 59.6 Å². The summed E-state index contributed by atoms with van der Waals surface area (Å²) in [5, 5.41) is 6.41. The molecule has 0 unspecified atom stereocenters. The summed E-state index contributed by atoms with van der Waals surface area (Å²) >= 11 is 11.9. The van der Waals surface area contributed by atoms with Crippen LogP contribution in [0.3, 0.4) is 0 Å². The predicted molar refractivity (Wildman–Crippen MR) is 104 cm³/mol. The van der Waals surface area contributed by atoms with Crippen LogP contribution in [0.1, 0.15) is 17.5 Å². The fourth-order valence-corrected chi connectivity index (χ4v) is 2.80. The molecule has 0 aromatic heterocycles. The summed E-state index contributed by atoms with van der Waals surface area (Å²) in [6, 6.07) is 14.5. The molecule has 7 heteroatoms. The molecule has 0 aliphatic heterocycles. The van der Waals surface area contributed by atoms with E-state index in [9.17, 15) is 9.59 Å². The molecule has 0 heterocycles. The second-order valence-electron chi connectivity index (χ2n) is 5.83. The van der Waals surface area contributed by atoms with Crippen molar-refractivity contribution in [3.63, 3.8) is 0 Å². The smallest absolute Gasteiger partial charge is 0.315 e. The van der Waals surface area contributed by atoms with Gasteiger partial charge in [0.25, 0.3) is 0 Å². The van der Waals surface area contributed by atoms with Crippen LogP contribution in [0.2, 0.25) is 10.0 Å². The lowest BCUT2D eigenvalue weighted by Crippen LogP contribution is -2.37. The van der Waals surface area contributed by atoms with Gasteiger partial charge >= 0.3 is 6.03 Å². The van der Waals surface area contributed by atoms with E-state index in [0.29, 0.717) is 16.6 Å². The second-order valence-corrected chi connectivity index (χ2v) is 6.67. The van der Waals surface area contributed by atoms with E-state index in [1.54, 1.807) is 30.1 Å². The molecule has 2 rings (SSSR count). The molecule has 0 radical (unpaired) electrons. The zero-order chi connectivity index (χ0) is 18.9. The van der Waals surface area contributed by atoms with Crippen molar-refractivity contribution in [1.29, 1.82) is 0 Å². The zero-order valence-corrected chi connectivity index (χ0v) is 16.0. The molecule has 0 spiro atoms. The summed E-state index contributed by atoms with van der Waals surface area (Å²) in [4.78, 5) is 25.6. The van der Waals surface area contributed by atoms with E-state index in [0.717, 1.165) is 11.1 Å². The fourth-order valence-electron chi connectivity index (χ4n) is 2.32. The van der Waals surface area contributed by atoms with Crippen LogP contribution in [-0.4, -0.2) is 30.4 Å². The summed E-state index contributed by atoms with van der Waals surface area (Å²) in [5.74, 6) is -0.0325. The van der Waals surface area contributed by atoms with Crippen molar-refractivity contribution in [1.82, 2.24) is 15.5 Å². The van der Waals surface area contributed by atoms with Gasteiger partial charge in [0.1, 0.15) is 0 Å². The largest absolute Gasteiger partial charge is 0.341 e. The van der Waals surface area contributed by atoms with Gasteiger partial charge in [0, 0.05) is 43.1 Å². The first-order chi connectivity index (χ1) is 12.5. The summed E-state index contributed by atoms with van der Waals surface area (Å²) in [7, 11) is 1.75. The summed E-state index contributed by atoms with van der Waals surface area (Å²) < 4.78 is 0. The van der Waals surface area contributed by atoms with Crippen LogP contribution in [-0.2, 0) is 17.9 Å². The number of hydrogen-bond acceptors (Lipinski definition) is 2. The molecular weight excluding hydrogens is 373 g/mol. The average molecular weight is 394 g/mol. The Balaban J connectivity index is 1.68. The van der Waals surface area contributed by atoms with Gasteiger partial charge in [-0.3, -0.25) is 4.79 Å². The van der Waals surface area contributed by atoms with Gasteiger partial charge in [0.2, 0.25) is 5.91 Å². The van der Waals surface area contributed by atoms with Crippen LogP contribution in [0.4, 0.5) is 4.79 Å². The lowest BCUT2D eigenvalue weighted by atomic mass is 10.2. The van der Waals surface area contributed by atoms with Crippen molar-refractivity contribution in [2.75, 3.05) is 13.6 Å². The molecule has 2 aromatic carbocycles. The third-order valence-corrected chi connectivity index (χ3v) is 4.35. The first-order valence-corrected chi connectivity index (χ1v) is 8.95. The number of carbonyl (C=O) groups excluding carboxylic acids is 2. The monoisotopic (exact) mass is 393 g/mol. The highest BCUT2D eigenvalue weighted by Crippen LogP contribution is 2.20. The molecular formula is C19H21Cl2N3O2. The average Bonchev–Trinajstić information content (AvgIpc) is 2.61. The molecule has 0 aliphatic rings. The molecule has 0 fully saturated rings. The lowest BCUT2D eigenvalue weighted by molar-refractivity contribution is -0.130. The van der Waals surface area contributed by atoms with E-state index in [2.05, 4.69) is 10.6 Å². The van der Waals surface area contributed by atoms with Crippen LogP contribution in [0.15, 0.2) is 48.5 Å². The molecule has 0 bridgehead atoms. The quantitative estimate of drug-likeness (QED) is 0.750. The van der Waals surface area contributed by atoms with Gasteiger partial charge in [-0.05, 0) is 23.3 Å². The van der Waals surface area contributed by atoms with Crippen LogP contribution in [0, 0.1) is 0 Å². The Labute approximate surface area is 163 Å². The van der Waals surface area contributed by atoms with Crippen molar-refractivity contribution in [2.45, 2.75) is 19.5 Å². The summed E-state index contributed by atoms with van der Waals surface area (Å²) in [6.45, 7) is 1.09. The number of halogens is 2. The van der Waals surface area contributed by atoms with Crippen molar-refractivity contribution < 1.29 is 9.59 Å². The number of nitrogens with zero attached hydrogens (tertiary/aromatic N) is 1. The highest BCUT2D eigenvalue weighted by atomic mass is 35.5. The van der Waals surface area contributed by atoms with E-state index in [1.165, 1.54) is 0 Å². The first kappa shape index (κ1) is 20.1. The van der Waals surface area contributed by atoms with Crippen LogP contribution in [0.25, 0.3) is 0 Å². The van der Waals surface area contributed by atoms with Crippen molar-refractivity contribution in [3.05, 3.63) is 69.7 Å². The highest BCUT2D eigenvalue weighted by molar-refractivity contribution is 6.35. The van der Waals surface area contributed by atoms with E-state index in [4.69, 9.17) is 23.2 Å². The third-order valence-electron chi connectivity index (χ3n) is 3.77. The first-order valence-electron chi connectivity index (χ1n) is 8.19. The van der Waals surface area contributed by atoms with Gasteiger partial charge in [-0.25, -0.2) is 4.79 Å². The van der Waals surface area contributed by atoms with E-state index >= 15 is 0 Å². The van der Waals surface area contributed by atoms with Crippen molar-refractivity contribution in [3.8, 4) is 0 Å². The lowest BCUT2D eigenvalue weighted by Gasteiger charge is -2.17. The maximum absolute atomic E-state index is 12.1. The third kappa shape index (κ3) is 6.58. The Hall–Kier alpha value is -2.24. The Morgan fingerprint density at radius 2 is 1.77 bits per heavy atom. The molecule has 0 saturated heterocycles.